The Hall–Kier alpha value is -3.64. The summed E-state index contributed by atoms with van der Waals surface area (Å²) >= 11 is 6.32. The number of benzene rings is 2. The molecule has 0 unspecified atom stereocenters. The standard InChI is InChI=1S/C23H18ClN3O3/c1-2-11-27-22(29)18(21(28)25-23(27)30)12-16-14-26(20-10-6-4-8-17(16)20)13-15-7-3-5-9-19(15)24/h2-10,12,14H,1,11,13H2,(H,25,28,30)/b18-12-. The second-order valence-corrected chi connectivity index (χ2v) is 7.25. The molecular weight excluding hydrogens is 402 g/mol. The van der Waals surface area contributed by atoms with Crippen LogP contribution in [0.3, 0.4) is 0 Å². The van der Waals surface area contributed by atoms with Gasteiger partial charge in [-0.2, -0.15) is 0 Å². The van der Waals surface area contributed by atoms with E-state index in [-0.39, 0.29) is 12.1 Å². The van der Waals surface area contributed by atoms with Crippen molar-refractivity contribution in [1.29, 1.82) is 0 Å². The van der Waals surface area contributed by atoms with E-state index in [1.165, 1.54) is 12.2 Å². The van der Waals surface area contributed by atoms with Crippen LogP contribution in [-0.4, -0.2) is 33.9 Å². The molecule has 0 spiro atoms. The molecule has 0 saturated carbocycles. The Labute approximate surface area is 178 Å². The number of carbonyl (C=O) groups excluding carboxylic acids is 3. The van der Waals surface area contributed by atoms with E-state index in [2.05, 4.69) is 11.9 Å². The molecule has 0 atom stereocenters. The number of nitrogens with zero attached hydrogens (tertiary/aromatic N) is 2. The van der Waals surface area contributed by atoms with Gasteiger partial charge in [-0.1, -0.05) is 54.1 Å². The first kappa shape index (κ1) is 19.7. The molecule has 1 N–H and O–H groups in total. The number of imide groups is 2. The monoisotopic (exact) mass is 419 g/mol. The number of nitrogens with one attached hydrogen (secondary N) is 1. The van der Waals surface area contributed by atoms with Crippen molar-refractivity contribution < 1.29 is 14.4 Å². The zero-order valence-electron chi connectivity index (χ0n) is 16.0. The van der Waals surface area contributed by atoms with E-state index in [0.29, 0.717) is 17.1 Å². The highest BCUT2D eigenvalue weighted by atomic mass is 35.5. The van der Waals surface area contributed by atoms with E-state index >= 15 is 0 Å². The predicted molar refractivity (Wildman–Crippen MR) is 116 cm³/mol. The first-order valence-electron chi connectivity index (χ1n) is 9.30. The molecular formula is C23H18ClN3O3. The summed E-state index contributed by atoms with van der Waals surface area (Å²) in [5.41, 5.74) is 2.49. The molecule has 3 aromatic rings. The molecule has 1 aliphatic rings. The van der Waals surface area contributed by atoms with E-state index in [9.17, 15) is 14.4 Å². The molecule has 2 heterocycles. The summed E-state index contributed by atoms with van der Waals surface area (Å²) in [7, 11) is 0. The second kappa shape index (κ2) is 8.00. The summed E-state index contributed by atoms with van der Waals surface area (Å²) in [6.45, 7) is 4.10. The van der Waals surface area contributed by atoms with Gasteiger partial charge in [0, 0.05) is 40.8 Å². The molecule has 4 amide bonds. The van der Waals surface area contributed by atoms with Crippen molar-refractivity contribution in [2.45, 2.75) is 6.54 Å². The van der Waals surface area contributed by atoms with Crippen LogP contribution in [0.15, 0.2) is 73.0 Å². The number of aromatic nitrogens is 1. The van der Waals surface area contributed by atoms with Gasteiger partial charge in [0.1, 0.15) is 5.57 Å². The van der Waals surface area contributed by atoms with Crippen LogP contribution >= 0.6 is 11.6 Å². The van der Waals surface area contributed by atoms with Crippen molar-refractivity contribution in [1.82, 2.24) is 14.8 Å². The Morgan fingerprint density at radius 1 is 1.03 bits per heavy atom. The fraction of sp³-hybridized carbons (Fsp3) is 0.0870. The Morgan fingerprint density at radius 2 is 1.77 bits per heavy atom. The van der Waals surface area contributed by atoms with Crippen LogP contribution in [0.25, 0.3) is 17.0 Å². The average molecular weight is 420 g/mol. The minimum atomic E-state index is -0.747. The molecule has 1 saturated heterocycles. The van der Waals surface area contributed by atoms with Gasteiger partial charge < -0.3 is 4.57 Å². The first-order valence-corrected chi connectivity index (χ1v) is 9.68. The van der Waals surface area contributed by atoms with Crippen molar-refractivity contribution in [3.05, 3.63) is 89.1 Å². The minimum absolute atomic E-state index is 0.0174. The number of hydrogen-bond donors (Lipinski definition) is 1. The number of rotatable bonds is 5. The van der Waals surface area contributed by atoms with Gasteiger partial charge in [-0.15, -0.1) is 6.58 Å². The number of amides is 4. The maximum atomic E-state index is 12.7. The third-order valence-corrected chi connectivity index (χ3v) is 5.28. The fourth-order valence-corrected chi connectivity index (χ4v) is 3.67. The van der Waals surface area contributed by atoms with E-state index in [4.69, 9.17) is 11.6 Å². The number of para-hydroxylation sites is 1. The van der Waals surface area contributed by atoms with Crippen LogP contribution in [0, 0.1) is 0 Å². The maximum Gasteiger partial charge on any atom is 0.331 e. The van der Waals surface area contributed by atoms with Gasteiger partial charge in [-0.05, 0) is 23.8 Å². The average Bonchev–Trinajstić information content (AvgIpc) is 3.07. The number of barbiturate groups is 1. The lowest BCUT2D eigenvalue weighted by Gasteiger charge is -2.25. The van der Waals surface area contributed by atoms with Crippen molar-refractivity contribution in [2.24, 2.45) is 0 Å². The van der Waals surface area contributed by atoms with E-state index in [1.807, 2.05) is 59.3 Å². The van der Waals surface area contributed by atoms with Crippen LogP contribution in [0.1, 0.15) is 11.1 Å². The molecule has 1 aromatic heterocycles. The van der Waals surface area contributed by atoms with Gasteiger partial charge in [-0.3, -0.25) is 19.8 Å². The van der Waals surface area contributed by atoms with Crippen molar-refractivity contribution in [2.75, 3.05) is 6.54 Å². The lowest BCUT2D eigenvalue weighted by Crippen LogP contribution is -2.54. The SMILES string of the molecule is C=CCN1C(=O)NC(=O)/C(=C/c2cn(Cc3ccccc3Cl)c3ccccc23)C1=O. The third-order valence-electron chi connectivity index (χ3n) is 4.92. The molecule has 0 aliphatic carbocycles. The molecule has 2 aromatic carbocycles. The van der Waals surface area contributed by atoms with Crippen LogP contribution in [-0.2, 0) is 16.1 Å². The summed E-state index contributed by atoms with van der Waals surface area (Å²) in [6, 6.07) is 14.5. The highest BCUT2D eigenvalue weighted by Gasteiger charge is 2.35. The Bertz CT molecular complexity index is 1230. The number of halogens is 1. The second-order valence-electron chi connectivity index (χ2n) is 6.84. The summed E-state index contributed by atoms with van der Waals surface area (Å²) in [5, 5.41) is 3.75. The lowest BCUT2D eigenvalue weighted by molar-refractivity contribution is -0.129. The Morgan fingerprint density at radius 3 is 2.53 bits per heavy atom. The summed E-state index contributed by atoms with van der Waals surface area (Å²) in [4.78, 5) is 38.0. The van der Waals surface area contributed by atoms with Crippen LogP contribution in [0.2, 0.25) is 5.02 Å². The molecule has 0 bridgehead atoms. The summed E-state index contributed by atoms with van der Waals surface area (Å²) < 4.78 is 2.01. The van der Waals surface area contributed by atoms with E-state index in [1.54, 1.807) is 0 Å². The molecule has 150 valence electrons. The van der Waals surface area contributed by atoms with Crippen LogP contribution in [0.4, 0.5) is 4.79 Å². The molecule has 1 fully saturated rings. The molecule has 6 nitrogen and oxygen atoms in total. The molecule has 1 aliphatic heterocycles. The smallest absolute Gasteiger partial charge is 0.331 e. The minimum Gasteiger partial charge on any atom is -0.342 e. The van der Waals surface area contributed by atoms with Gasteiger partial charge in [0.2, 0.25) is 0 Å². The van der Waals surface area contributed by atoms with Gasteiger partial charge in [0.05, 0.1) is 0 Å². The quantitative estimate of drug-likeness (QED) is 0.386. The lowest BCUT2D eigenvalue weighted by atomic mass is 10.1. The third kappa shape index (κ3) is 3.53. The largest absolute Gasteiger partial charge is 0.342 e. The normalized spacial score (nSPS) is 15.7. The molecule has 0 radical (unpaired) electrons. The highest BCUT2D eigenvalue weighted by molar-refractivity contribution is 6.31. The molecule has 30 heavy (non-hydrogen) atoms. The van der Waals surface area contributed by atoms with Gasteiger partial charge >= 0.3 is 6.03 Å². The van der Waals surface area contributed by atoms with Gasteiger partial charge in [0.25, 0.3) is 11.8 Å². The Balaban J connectivity index is 1.79. The van der Waals surface area contributed by atoms with E-state index in [0.717, 1.165) is 21.4 Å². The fourth-order valence-electron chi connectivity index (χ4n) is 3.48. The van der Waals surface area contributed by atoms with E-state index < -0.39 is 17.8 Å². The molecule has 4 rings (SSSR count). The Kier molecular flexibility index (Phi) is 5.25. The van der Waals surface area contributed by atoms with Crippen molar-refractivity contribution >= 4 is 46.4 Å². The molecule has 7 heteroatoms. The first-order chi connectivity index (χ1) is 14.5. The van der Waals surface area contributed by atoms with Gasteiger partial charge in [-0.25, -0.2) is 4.79 Å². The highest BCUT2D eigenvalue weighted by Crippen LogP contribution is 2.27. The maximum absolute atomic E-state index is 12.7. The summed E-state index contributed by atoms with van der Waals surface area (Å²) in [5.74, 6) is -1.36. The van der Waals surface area contributed by atoms with Crippen molar-refractivity contribution in [3.63, 3.8) is 0 Å². The topological polar surface area (TPSA) is 71.4 Å². The van der Waals surface area contributed by atoms with Crippen LogP contribution in [0.5, 0.6) is 0 Å². The van der Waals surface area contributed by atoms with Gasteiger partial charge in [0.15, 0.2) is 0 Å². The number of fused-ring (bicyclic) bond motifs is 1. The summed E-state index contributed by atoms with van der Waals surface area (Å²) in [6.07, 6.45) is 4.82. The number of hydrogen-bond acceptors (Lipinski definition) is 3. The number of urea groups is 1. The zero-order valence-corrected chi connectivity index (χ0v) is 16.7. The van der Waals surface area contributed by atoms with Crippen molar-refractivity contribution in [3.8, 4) is 0 Å². The van der Waals surface area contributed by atoms with Crippen LogP contribution < -0.4 is 5.32 Å². The predicted octanol–water partition coefficient (Wildman–Crippen LogP) is 3.99. The zero-order chi connectivity index (χ0) is 21.3. The number of carbonyl (C=O) groups is 3.